The molecule has 1 heterocycles. The van der Waals surface area contributed by atoms with Gasteiger partial charge >= 0.3 is 0 Å². The average molecular weight is 279 g/mol. The maximum atomic E-state index is 9.99. The fraction of sp³-hybridized carbons (Fsp3) is 0.625. The van der Waals surface area contributed by atoms with E-state index in [1.807, 2.05) is 32.0 Å². The second-order valence-corrected chi connectivity index (χ2v) is 5.51. The number of hydrogen-bond donors (Lipinski definition) is 2. The van der Waals surface area contributed by atoms with Crippen molar-refractivity contribution in [3.05, 3.63) is 29.3 Å². The second kappa shape index (κ2) is 7.62. The highest BCUT2D eigenvalue weighted by molar-refractivity contribution is 5.39. The molecule has 0 aromatic heterocycles. The molecule has 4 nitrogen and oxygen atoms in total. The third-order valence-corrected chi connectivity index (χ3v) is 3.63. The lowest BCUT2D eigenvalue weighted by Gasteiger charge is -2.24. The van der Waals surface area contributed by atoms with E-state index in [0.29, 0.717) is 19.2 Å². The average Bonchev–Trinajstić information content (AvgIpc) is 2.46. The highest BCUT2D eigenvalue weighted by Gasteiger charge is 2.15. The molecule has 0 spiro atoms. The molecule has 0 amide bonds. The predicted molar refractivity (Wildman–Crippen MR) is 79.3 cm³/mol. The van der Waals surface area contributed by atoms with Crippen molar-refractivity contribution in [2.24, 2.45) is 0 Å². The molecule has 0 saturated carbocycles. The molecule has 1 aliphatic rings. The van der Waals surface area contributed by atoms with Gasteiger partial charge in [0.2, 0.25) is 0 Å². The molecule has 1 aromatic carbocycles. The molecule has 0 bridgehead atoms. The summed E-state index contributed by atoms with van der Waals surface area (Å²) in [7, 11) is 0. The van der Waals surface area contributed by atoms with E-state index in [1.54, 1.807) is 0 Å². The van der Waals surface area contributed by atoms with Crippen LogP contribution in [0.3, 0.4) is 0 Å². The maximum Gasteiger partial charge on any atom is 0.125 e. The normalized spacial score (nSPS) is 20.6. The van der Waals surface area contributed by atoms with E-state index < -0.39 is 6.10 Å². The molecular formula is C16H25NO3. The Balaban J connectivity index is 1.73. The highest BCUT2D eigenvalue weighted by atomic mass is 16.5. The van der Waals surface area contributed by atoms with E-state index >= 15 is 0 Å². The summed E-state index contributed by atoms with van der Waals surface area (Å²) in [6.07, 6.45) is 1.70. The van der Waals surface area contributed by atoms with Crippen LogP contribution in [0.25, 0.3) is 0 Å². The van der Waals surface area contributed by atoms with Gasteiger partial charge in [-0.1, -0.05) is 18.2 Å². The van der Waals surface area contributed by atoms with E-state index in [9.17, 15) is 5.11 Å². The van der Waals surface area contributed by atoms with Crippen LogP contribution >= 0.6 is 0 Å². The molecule has 2 atom stereocenters. The molecule has 1 fully saturated rings. The van der Waals surface area contributed by atoms with Gasteiger partial charge in [-0.25, -0.2) is 0 Å². The topological polar surface area (TPSA) is 50.7 Å². The molecule has 0 aliphatic carbocycles. The zero-order chi connectivity index (χ0) is 14.4. The van der Waals surface area contributed by atoms with Gasteiger partial charge in [-0.3, -0.25) is 0 Å². The maximum absolute atomic E-state index is 9.99. The lowest BCUT2D eigenvalue weighted by Crippen LogP contribution is -2.42. The summed E-state index contributed by atoms with van der Waals surface area (Å²) < 4.78 is 11.1. The van der Waals surface area contributed by atoms with Crippen molar-refractivity contribution in [3.8, 4) is 5.75 Å². The first-order valence-corrected chi connectivity index (χ1v) is 7.35. The molecule has 1 aliphatic heterocycles. The molecule has 1 saturated heterocycles. The summed E-state index contributed by atoms with van der Waals surface area (Å²) in [4.78, 5) is 0. The van der Waals surface area contributed by atoms with Crippen LogP contribution in [-0.2, 0) is 4.74 Å². The van der Waals surface area contributed by atoms with Crippen LogP contribution in [0.4, 0.5) is 0 Å². The fourth-order valence-electron chi connectivity index (χ4n) is 2.47. The van der Waals surface area contributed by atoms with Gasteiger partial charge in [-0.05, 0) is 37.8 Å². The van der Waals surface area contributed by atoms with Gasteiger partial charge < -0.3 is 19.9 Å². The first-order valence-electron chi connectivity index (χ1n) is 7.35. The largest absolute Gasteiger partial charge is 0.490 e. The van der Waals surface area contributed by atoms with Crippen LogP contribution in [-0.4, -0.2) is 43.6 Å². The Morgan fingerprint density at radius 1 is 1.40 bits per heavy atom. The van der Waals surface area contributed by atoms with Crippen molar-refractivity contribution in [1.82, 2.24) is 5.32 Å². The zero-order valence-electron chi connectivity index (χ0n) is 12.4. The fourth-order valence-corrected chi connectivity index (χ4v) is 2.47. The van der Waals surface area contributed by atoms with Crippen molar-refractivity contribution in [2.75, 3.05) is 26.4 Å². The Morgan fingerprint density at radius 2 is 2.15 bits per heavy atom. The van der Waals surface area contributed by atoms with Crippen LogP contribution in [0.15, 0.2) is 18.2 Å². The smallest absolute Gasteiger partial charge is 0.125 e. The summed E-state index contributed by atoms with van der Waals surface area (Å²) in [6, 6.07) is 6.41. The number of aryl methyl sites for hydroxylation is 2. The minimum Gasteiger partial charge on any atom is -0.490 e. The molecule has 1 aromatic rings. The Bertz CT molecular complexity index is 396. The third kappa shape index (κ3) is 4.47. The molecule has 2 rings (SSSR count). The Morgan fingerprint density at radius 3 is 2.80 bits per heavy atom. The molecule has 20 heavy (non-hydrogen) atoms. The molecular weight excluding hydrogens is 254 g/mol. The number of para-hydroxylation sites is 1. The van der Waals surface area contributed by atoms with Gasteiger partial charge in [0, 0.05) is 19.2 Å². The van der Waals surface area contributed by atoms with Crippen LogP contribution in [0.5, 0.6) is 5.75 Å². The minimum atomic E-state index is -0.504. The van der Waals surface area contributed by atoms with E-state index in [-0.39, 0.29) is 0 Å². The van der Waals surface area contributed by atoms with E-state index in [4.69, 9.17) is 9.47 Å². The lowest BCUT2D eigenvalue weighted by atomic mass is 10.1. The molecule has 112 valence electrons. The highest BCUT2D eigenvalue weighted by Crippen LogP contribution is 2.22. The minimum absolute atomic E-state index is 0.312. The predicted octanol–water partition coefficient (Wildman–Crippen LogP) is 1.81. The molecule has 0 radical (unpaired) electrons. The first-order chi connectivity index (χ1) is 9.66. The van der Waals surface area contributed by atoms with Crippen LogP contribution in [0.1, 0.15) is 24.0 Å². The van der Waals surface area contributed by atoms with Gasteiger partial charge in [0.05, 0.1) is 6.61 Å². The van der Waals surface area contributed by atoms with Gasteiger partial charge in [-0.15, -0.1) is 0 Å². The standard InChI is InChI=1S/C16H25NO3/c1-12-5-3-6-13(2)16(12)20-11-15(18)9-17-14-7-4-8-19-10-14/h3,5-6,14-15,17-18H,4,7-11H2,1-2H3. The Kier molecular flexibility index (Phi) is 5.83. The van der Waals surface area contributed by atoms with Crippen molar-refractivity contribution in [1.29, 1.82) is 0 Å². The summed E-state index contributed by atoms with van der Waals surface area (Å²) in [5, 5.41) is 13.3. The second-order valence-electron chi connectivity index (χ2n) is 5.51. The van der Waals surface area contributed by atoms with Crippen LogP contribution in [0.2, 0.25) is 0 Å². The van der Waals surface area contributed by atoms with Crippen molar-refractivity contribution < 1.29 is 14.6 Å². The first kappa shape index (κ1) is 15.3. The van der Waals surface area contributed by atoms with Crippen molar-refractivity contribution >= 4 is 0 Å². The number of nitrogens with one attached hydrogen (secondary N) is 1. The van der Waals surface area contributed by atoms with Crippen molar-refractivity contribution in [3.63, 3.8) is 0 Å². The van der Waals surface area contributed by atoms with Crippen LogP contribution < -0.4 is 10.1 Å². The van der Waals surface area contributed by atoms with Gasteiger partial charge in [0.1, 0.15) is 18.5 Å². The third-order valence-electron chi connectivity index (χ3n) is 3.63. The van der Waals surface area contributed by atoms with Gasteiger partial charge in [-0.2, -0.15) is 0 Å². The van der Waals surface area contributed by atoms with E-state index in [1.165, 1.54) is 0 Å². The van der Waals surface area contributed by atoms with Gasteiger partial charge in [0.25, 0.3) is 0 Å². The lowest BCUT2D eigenvalue weighted by molar-refractivity contribution is 0.0571. The summed E-state index contributed by atoms with van der Waals surface area (Å²) in [6.45, 7) is 6.49. The van der Waals surface area contributed by atoms with E-state index in [0.717, 1.165) is 42.9 Å². The zero-order valence-corrected chi connectivity index (χ0v) is 12.4. The summed E-state index contributed by atoms with van der Waals surface area (Å²) >= 11 is 0. The molecule has 2 unspecified atom stereocenters. The van der Waals surface area contributed by atoms with Gasteiger partial charge in [0.15, 0.2) is 0 Å². The monoisotopic (exact) mass is 279 g/mol. The Labute approximate surface area is 121 Å². The van der Waals surface area contributed by atoms with E-state index in [2.05, 4.69) is 5.32 Å². The number of aliphatic hydroxyl groups excluding tert-OH is 1. The Hall–Kier alpha value is -1.10. The number of aliphatic hydroxyl groups is 1. The number of benzene rings is 1. The number of rotatable bonds is 6. The van der Waals surface area contributed by atoms with Crippen molar-refractivity contribution in [2.45, 2.75) is 38.8 Å². The summed E-state index contributed by atoms with van der Waals surface area (Å²) in [5.74, 6) is 0.882. The quantitative estimate of drug-likeness (QED) is 0.834. The number of hydrogen-bond acceptors (Lipinski definition) is 4. The molecule has 2 N–H and O–H groups in total. The van der Waals surface area contributed by atoms with Crippen LogP contribution in [0, 0.1) is 13.8 Å². The summed E-state index contributed by atoms with van der Waals surface area (Å²) in [5.41, 5.74) is 2.21. The molecule has 4 heteroatoms. The number of ether oxygens (including phenoxy) is 2. The SMILES string of the molecule is Cc1cccc(C)c1OCC(O)CNC1CCCOC1.